The van der Waals surface area contributed by atoms with E-state index in [1.54, 1.807) is 0 Å². The van der Waals surface area contributed by atoms with Crippen LogP contribution in [-0.2, 0) is 5.41 Å². The van der Waals surface area contributed by atoms with Crippen molar-refractivity contribution < 1.29 is 0 Å². The first-order valence-electron chi connectivity index (χ1n) is 26.4. The quantitative estimate of drug-likeness (QED) is 0.117. The summed E-state index contributed by atoms with van der Waals surface area (Å²) in [4.78, 5) is 2.38. The molecule has 76 heavy (non-hydrogen) atoms. The van der Waals surface area contributed by atoms with Crippen molar-refractivity contribution in [2.24, 2.45) is 0 Å². The van der Waals surface area contributed by atoms with Gasteiger partial charge in [0.25, 0.3) is 0 Å². The number of nitrogens with zero attached hydrogens (tertiary/aromatic N) is 2. The van der Waals surface area contributed by atoms with Crippen molar-refractivity contribution in [3.8, 4) is 39.1 Å². The van der Waals surface area contributed by atoms with E-state index in [0.717, 1.165) is 28.3 Å². The summed E-state index contributed by atoms with van der Waals surface area (Å²) in [5, 5.41) is 2.53. The summed E-state index contributed by atoms with van der Waals surface area (Å²) in [5.74, 6) is 0.221. The van der Waals surface area contributed by atoms with E-state index in [9.17, 15) is 0 Å². The summed E-state index contributed by atoms with van der Waals surface area (Å²) in [7, 11) is 0. The van der Waals surface area contributed by atoms with Crippen LogP contribution >= 0.6 is 0 Å². The molecule has 2 nitrogen and oxygen atoms in total. The molecule has 0 bridgehead atoms. The molecule has 12 aromatic carbocycles. The Morgan fingerprint density at radius 3 is 1.04 bits per heavy atom. The molecule has 358 valence electrons. The van der Waals surface area contributed by atoms with Crippen molar-refractivity contribution in [1.29, 1.82) is 0 Å². The van der Waals surface area contributed by atoms with Crippen LogP contribution in [0.25, 0.3) is 60.9 Å². The standard InChI is InChI=1S/C74H52N2/c1-4-18-57(19-5-1)74(58-20-6-2-7-21-58,59-22-8-3-9-23-59)60-42-50-63(51-43-60)75(61-44-36-53(37-45-61)52-32-34-56(35-33-52)73-69-28-12-10-24-65(69)66-25-11-13-29-70(66)73)62-46-38-54(39-47-62)55-40-48-64(49-41-55)76-71-30-16-14-26-67(71)68-27-15-17-31-72(68)76/h1-51,73H. The molecule has 0 radical (unpaired) electrons. The molecule has 0 N–H and O–H groups in total. The van der Waals surface area contributed by atoms with E-state index >= 15 is 0 Å². The van der Waals surface area contributed by atoms with Crippen molar-refractivity contribution >= 4 is 38.9 Å². The number of hydrogen-bond donors (Lipinski definition) is 0. The number of rotatable bonds is 11. The van der Waals surface area contributed by atoms with Crippen LogP contribution < -0.4 is 4.90 Å². The third kappa shape index (κ3) is 7.57. The molecule has 2 heteroatoms. The van der Waals surface area contributed by atoms with Gasteiger partial charge in [0.1, 0.15) is 0 Å². The van der Waals surface area contributed by atoms with Gasteiger partial charge in [-0.05, 0) is 133 Å². The minimum absolute atomic E-state index is 0.221. The number of benzene rings is 12. The average Bonchev–Trinajstić information content (AvgIpc) is 4.04. The zero-order chi connectivity index (χ0) is 50.4. The van der Waals surface area contributed by atoms with Crippen LogP contribution in [0.15, 0.2) is 309 Å². The molecule has 1 aromatic heterocycles. The SMILES string of the molecule is c1ccc(C(c2ccccc2)(c2ccccc2)c2ccc(N(c3ccc(-c4ccc(C5c6ccccc6-c6ccccc65)cc4)cc3)c3ccc(-c4ccc(-n5c6ccccc6c6ccccc65)cc4)cc3)cc2)cc1. The molecule has 0 unspecified atom stereocenters. The summed E-state index contributed by atoms with van der Waals surface area (Å²) < 4.78 is 2.37. The van der Waals surface area contributed by atoms with E-state index in [0.29, 0.717) is 0 Å². The molecule has 0 saturated carbocycles. The number of aromatic nitrogens is 1. The molecule has 14 rings (SSSR count). The highest BCUT2D eigenvalue weighted by Crippen LogP contribution is 2.49. The Labute approximate surface area is 444 Å². The van der Waals surface area contributed by atoms with Gasteiger partial charge in [-0.15, -0.1) is 0 Å². The Bertz CT molecular complexity index is 3960. The fourth-order valence-electron chi connectivity index (χ4n) is 12.4. The second-order valence-electron chi connectivity index (χ2n) is 20.0. The van der Waals surface area contributed by atoms with Crippen LogP contribution in [0.2, 0.25) is 0 Å². The summed E-state index contributed by atoms with van der Waals surface area (Å²) in [6.45, 7) is 0. The van der Waals surface area contributed by atoms with E-state index in [1.165, 1.54) is 88.6 Å². The van der Waals surface area contributed by atoms with Crippen LogP contribution in [0.5, 0.6) is 0 Å². The average molecular weight is 969 g/mol. The molecule has 0 saturated heterocycles. The minimum Gasteiger partial charge on any atom is -0.311 e. The van der Waals surface area contributed by atoms with Gasteiger partial charge in [0, 0.05) is 39.4 Å². The second-order valence-corrected chi connectivity index (χ2v) is 20.0. The smallest absolute Gasteiger partial charge is 0.0701 e. The fraction of sp³-hybridized carbons (Fsp3) is 0.0270. The first-order valence-corrected chi connectivity index (χ1v) is 26.4. The largest absolute Gasteiger partial charge is 0.311 e. The lowest BCUT2D eigenvalue weighted by Gasteiger charge is -2.37. The lowest BCUT2D eigenvalue weighted by atomic mass is 9.65. The van der Waals surface area contributed by atoms with Crippen LogP contribution in [0, 0.1) is 0 Å². The maximum atomic E-state index is 2.38. The summed E-state index contributed by atoms with van der Waals surface area (Å²) in [6, 6.07) is 114. The van der Waals surface area contributed by atoms with Crippen molar-refractivity contribution in [2.45, 2.75) is 11.3 Å². The highest BCUT2D eigenvalue weighted by molar-refractivity contribution is 6.09. The minimum atomic E-state index is -0.548. The third-order valence-corrected chi connectivity index (χ3v) is 15.9. The highest BCUT2D eigenvalue weighted by atomic mass is 15.1. The molecule has 1 heterocycles. The Kier molecular flexibility index (Phi) is 11.2. The lowest BCUT2D eigenvalue weighted by molar-refractivity contribution is 0.745. The maximum Gasteiger partial charge on any atom is 0.0701 e. The number of para-hydroxylation sites is 2. The maximum absolute atomic E-state index is 2.38. The Balaban J connectivity index is 0.832. The summed E-state index contributed by atoms with van der Waals surface area (Å²) >= 11 is 0. The van der Waals surface area contributed by atoms with Crippen LogP contribution in [0.3, 0.4) is 0 Å². The van der Waals surface area contributed by atoms with Gasteiger partial charge in [0.05, 0.1) is 16.4 Å². The van der Waals surface area contributed by atoms with Crippen molar-refractivity contribution in [3.63, 3.8) is 0 Å². The number of hydrogen-bond acceptors (Lipinski definition) is 1. The molecule has 0 spiro atoms. The molecule has 0 aliphatic heterocycles. The highest BCUT2D eigenvalue weighted by Gasteiger charge is 2.38. The zero-order valence-corrected chi connectivity index (χ0v) is 41.9. The Hall–Kier alpha value is -9.76. The van der Waals surface area contributed by atoms with Gasteiger partial charge in [-0.2, -0.15) is 0 Å². The van der Waals surface area contributed by atoms with Gasteiger partial charge in [-0.1, -0.05) is 249 Å². The van der Waals surface area contributed by atoms with E-state index in [4.69, 9.17) is 0 Å². The van der Waals surface area contributed by atoms with E-state index in [2.05, 4.69) is 319 Å². The molecular weight excluding hydrogens is 917 g/mol. The van der Waals surface area contributed by atoms with E-state index < -0.39 is 5.41 Å². The predicted octanol–water partition coefficient (Wildman–Crippen LogP) is 19.1. The monoisotopic (exact) mass is 968 g/mol. The van der Waals surface area contributed by atoms with Crippen molar-refractivity contribution in [2.75, 3.05) is 4.90 Å². The zero-order valence-electron chi connectivity index (χ0n) is 41.9. The molecular formula is C74H52N2. The van der Waals surface area contributed by atoms with Crippen LogP contribution in [-0.4, -0.2) is 4.57 Å². The lowest BCUT2D eigenvalue weighted by Crippen LogP contribution is -2.31. The normalized spacial score (nSPS) is 12.2. The first kappa shape index (κ1) is 44.9. The second kappa shape index (κ2) is 18.9. The summed E-state index contributed by atoms with van der Waals surface area (Å²) in [5.41, 5.74) is 22.5. The fourth-order valence-corrected chi connectivity index (χ4v) is 12.4. The Morgan fingerprint density at radius 2 is 0.605 bits per heavy atom. The van der Waals surface area contributed by atoms with Gasteiger partial charge < -0.3 is 9.47 Å². The number of fused-ring (bicyclic) bond motifs is 6. The van der Waals surface area contributed by atoms with Gasteiger partial charge in [0.2, 0.25) is 0 Å². The Morgan fingerprint density at radius 1 is 0.276 bits per heavy atom. The van der Waals surface area contributed by atoms with E-state index in [-0.39, 0.29) is 5.92 Å². The van der Waals surface area contributed by atoms with Gasteiger partial charge in [-0.25, -0.2) is 0 Å². The molecule has 1 aliphatic rings. The molecule has 0 atom stereocenters. The van der Waals surface area contributed by atoms with Crippen LogP contribution in [0.4, 0.5) is 17.1 Å². The molecule has 0 amide bonds. The molecule has 13 aromatic rings. The van der Waals surface area contributed by atoms with Crippen molar-refractivity contribution in [1.82, 2.24) is 4.57 Å². The predicted molar refractivity (Wildman–Crippen MR) is 317 cm³/mol. The van der Waals surface area contributed by atoms with Gasteiger partial charge in [-0.3, -0.25) is 0 Å². The van der Waals surface area contributed by atoms with Gasteiger partial charge >= 0.3 is 0 Å². The topological polar surface area (TPSA) is 8.17 Å². The molecule has 0 fully saturated rings. The molecule has 1 aliphatic carbocycles. The summed E-state index contributed by atoms with van der Waals surface area (Å²) in [6.07, 6.45) is 0. The van der Waals surface area contributed by atoms with Crippen molar-refractivity contribution in [3.05, 3.63) is 348 Å². The van der Waals surface area contributed by atoms with Crippen LogP contribution in [0.1, 0.15) is 44.9 Å². The first-order chi connectivity index (χ1) is 37.7. The van der Waals surface area contributed by atoms with Gasteiger partial charge in [0.15, 0.2) is 0 Å². The third-order valence-electron chi connectivity index (χ3n) is 15.9. The van der Waals surface area contributed by atoms with E-state index in [1.807, 2.05) is 0 Å². The number of anilines is 3.